The summed E-state index contributed by atoms with van der Waals surface area (Å²) in [5, 5.41) is 18.2. The second-order valence-electron chi connectivity index (χ2n) is 4.16. The van der Waals surface area contributed by atoms with Crippen LogP contribution < -0.4 is 4.74 Å². The van der Waals surface area contributed by atoms with E-state index in [-0.39, 0.29) is 11.5 Å². The summed E-state index contributed by atoms with van der Waals surface area (Å²) in [5.41, 5.74) is 1.73. The highest BCUT2D eigenvalue weighted by Gasteiger charge is 2.07. The Labute approximate surface area is 131 Å². The van der Waals surface area contributed by atoms with Gasteiger partial charge in [-0.1, -0.05) is 30.3 Å². The first-order valence-electron chi connectivity index (χ1n) is 6.00. The van der Waals surface area contributed by atoms with Gasteiger partial charge in [-0.15, -0.1) is 0 Å². The third-order valence-corrected chi connectivity index (χ3v) is 3.71. The quantitative estimate of drug-likeness (QED) is 0.474. The fourth-order valence-corrected chi connectivity index (χ4v) is 2.51. The summed E-state index contributed by atoms with van der Waals surface area (Å²) in [6.45, 7) is 0. The number of methoxy groups -OCH3 is 1. The van der Waals surface area contributed by atoms with Crippen LogP contribution in [0.4, 0.5) is 0 Å². The highest BCUT2D eigenvalue weighted by Crippen LogP contribution is 2.24. The van der Waals surface area contributed by atoms with Gasteiger partial charge in [0.2, 0.25) is 0 Å². The molecular weight excluding hydrogens is 365 g/mol. The molecular formula is C16H14INO2. The Morgan fingerprint density at radius 3 is 2.50 bits per heavy atom. The van der Waals surface area contributed by atoms with Crippen molar-refractivity contribution in [3.05, 3.63) is 69.3 Å². The van der Waals surface area contributed by atoms with Gasteiger partial charge in [0.15, 0.2) is 0 Å². The average Bonchev–Trinajstić information content (AvgIpc) is 2.47. The van der Waals surface area contributed by atoms with Crippen molar-refractivity contribution in [2.24, 2.45) is 0 Å². The van der Waals surface area contributed by atoms with Crippen molar-refractivity contribution in [2.75, 3.05) is 7.11 Å². The predicted molar refractivity (Wildman–Crippen MR) is 89.6 cm³/mol. The second kappa shape index (κ2) is 6.56. The molecule has 0 heterocycles. The van der Waals surface area contributed by atoms with Gasteiger partial charge in [0, 0.05) is 15.2 Å². The minimum absolute atomic E-state index is 0.0749. The van der Waals surface area contributed by atoms with Crippen LogP contribution in [0.15, 0.2) is 54.6 Å². The van der Waals surface area contributed by atoms with E-state index in [1.54, 1.807) is 19.2 Å². The zero-order chi connectivity index (χ0) is 14.5. The van der Waals surface area contributed by atoms with E-state index in [0.29, 0.717) is 5.56 Å². The van der Waals surface area contributed by atoms with Crippen molar-refractivity contribution in [3.8, 4) is 5.75 Å². The summed E-state index contributed by atoms with van der Waals surface area (Å²) in [7, 11) is 1.60. The molecule has 0 saturated heterocycles. The van der Waals surface area contributed by atoms with Crippen LogP contribution in [-0.2, 0) is 0 Å². The van der Waals surface area contributed by atoms with Crippen molar-refractivity contribution in [1.29, 1.82) is 5.41 Å². The van der Waals surface area contributed by atoms with Gasteiger partial charge in [-0.05, 0) is 46.4 Å². The molecule has 0 aromatic heterocycles. The molecule has 3 nitrogen and oxygen atoms in total. The lowest BCUT2D eigenvalue weighted by atomic mass is 10.1. The normalized spacial score (nSPS) is 11.2. The predicted octanol–water partition coefficient (Wildman–Crippen LogP) is 4.27. The van der Waals surface area contributed by atoms with Crippen molar-refractivity contribution in [1.82, 2.24) is 0 Å². The van der Waals surface area contributed by atoms with E-state index >= 15 is 0 Å². The summed E-state index contributed by atoms with van der Waals surface area (Å²) < 4.78 is 6.00. The van der Waals surface area contributed by atoms with Crippen LogP contribution in [0, 0.1) is 8.98 Å². The Bertz CT molecular complexity index is 651. The van der Waals surface area contributed by atoms with Crippen molar-refractivity contribution < 1.29 is 9.84 Å². The topological polar surface area (TPSA) is 53.3 Å². The molecule has 0 spiro atoms. The van der Waals surface area contributed by atoms with Crippen LogP contribution >= 0.6 is 22.6 Å². The minimum Gasteiger partial charge on any atom is -0.507 e. The molecule has 2 N–H and O–H groups in total. The van der Waals surface area contributed by atoms with Crippen LogP contribution in [0.3, 0.4) is 0 Å². The number of rotatable bonds is 4. The molecule has 0 fully saturated rings. The van der Waals surface area contributed by atoms with E-state index in [2.05, 4.69) is 22.6 Å². The zero-order valence-corrected chi connectivity index (χ0v) is 13.1. The summed E-state index contributed by atoms with van der Waals surface area (Å²) >= 11 is 2.13. The first kappa shape index (κ1) is 14.6. The molecule has 0 unspecified atom stereocenters. The molecule has 0 saturated carbocycles. The van der Waals surface area contributed by atoms with Crippen molar-refractivity contribution >= 4 is 34.1 Å². The molecule has 0 radical (unpaired) electrons. The molecule has 0 aliphatic heterocycles. The number of aliphatic hydroxyl groups is 1. The van der Waals surface area contributed by atoms with Crippen molar-refractivity contribution in [2.45, 2.75) is 0 Å². The highest BCUT2D eigenvalue weighted by atomic mass is 127. The number of allylic oxidation sites excluding steroid dienone is 1. The Morgan fingerprint density at radius 2 is 1.90 bits per heavy atom. The summed E-state index contributed by atoms with van der Waals surface area (Å²) in [4.78, 5) is 0. The van der Waals surface area contributed by atoms with Gasteiger partial charge >= 0.3 is 0 Å². The average molecular weight is 379 g/mol. The Hall–Kier alpha value is -1.82. The zero-order valence-electron chi connectivity index (χ0n) is 10.9. The molecule has 0 atom stereocenters. The largest absolute Gasteiger partial charge is 0.507 e. The molecule has 102 valence electrons. The maximum atomic E-state index is 10.2. The smallest absolute Gasteiger partial charge is 0.126 e. The van der Waals surface area contributed by atoms with E-state index in [4.69, 9.17) is 10.1 Å². The van der Waals surface area contributed by atoms with Crippen LogP contribution in [0.25, 0.3) is 5.76 Å². The van der Waals surface area contributed by atoms with E-state index in [1.165, 1.54) is 6.08 Å². The molecule has 4 heteroatoms. The number of halogens is 1. The molecule has 2 aromatic rings. The van der Waals surface area contributed by atoms with Gasteiger partial charge in [0.1, 0.15) is 11.5 Å². The van der Waals surface area contributed by atoms with Gasteiger partial charge in [-0.2, -0.15) is 0 Å². The first-order valence-corrected chi connectivity index (χ1v) is 7.08. The van der Waals surface area contributed by atoms with Crippen LogP contribution in [0.2, 0.25) is 0 Å². The fourth-order valence-electron chi connectivity index (χ4n) is 1.75. The lowest BCUT2D eigenvalue weighted by Gasteiger charge is -2.07. The Balaban J connectivity index is 2.29. The van der Waals surface area contributed by atoms with Gasteiger partial charge < -0.3 is 15.3 Å². The molecule has 0 aliphatic carbocycles. The number of hydrogen-bond acceptors (Lipinski definition) is 3. The minimum atomic E-state index is 0.0749. The lowest BCUT2D eigenvalue weighted by Crippen LogP contribution is -1.97. The van der Waals surface area contributed by atoms with Gasteiger partial charge in [0.05, 0.1) is 12.8 Å². The van der Waals surface area contributed by atoms with Crippen LogP contribution in [0.5, 0.6) is 5.75 Å². The molecule has 20 heavy (non-hydrogen) atoms. The number of hydrogen-bond donors (Lipinski definition) is 2. The van der Waals surface area contributed by atoms with Crippen molar-refractivity contribution in [3.63, 3.8) is 0 Å². The Kier molecular flexibility index (Phi) is 4.79. The summed E-state index contributed by atoms with van der Waals surface area (Å²) in [6.07, 6.45) is 1.46. The summed E-state index contributed by atoms with van der Waals surface area (Å²) in [6, 6.07) is 14.7. The van der Waals surface area contributed by atoms with Crippen LogP contribution in [-0.4, -0.2) is 17.9 Å². The molecule has 0 amide bonds. The van der Waals surface area contributed by atoms with Gasteiger partial charge in [-0.3, -0.25) is 0 Å². The van der Waals surface area contributed by atoms with Gasteiger partial charge in [-0.25, -0.2) is 0 Å². The fraction of sp³-hybridized carbons (Fsp3) is 0.0625. The number of ether oxygens (including phenoxy) is 1. The van der Waals surface area contributed by atoms with E-state index in [0.717, 1.165) is 14.9 Å². The standard InChI is InChI=1S/C16H14INO2/c1-20-12-7-8-13(14(17)9-12)16(19)10-15(18)11-5-3-2-4-6-11/h2-10,18-19H,1H3/b16-10+,18-15?. The third kappa shape index (κ3) is 3.39. The monoisotopic (exact) mass is 379 g/mol. The van der Waals surface area contributed by atoms with Crippen LogP contribution in [0.1, 0.15) is 11.1 Å². The third-order valence-electron chi connectivity index (χ3n) is 2.82. The number of benzene rings is 2. The lowest BCUT2D eigenvalue weighted by molar-refractivity contribution is 0.414. The summed E-state index contributed by atoms with van der Waals surface area (Å²) in [5.74, 6) is 0.815. The van der Waals surface area contributed by atoms with E-state index < -0.39 is 0 Å². The SMILES string of the molecule is COc1ccc(/C(O)=C\C(=N)c2ccccc2)c(I)c1. The maximum absolute atomic E-state index is 10.2. The van der Waals surface area contributed by atoms with Gasteiger partial charge in [0.25, 0.3) is 0 Å². The van der Waals surface area contributed by atoms with E-state index in [1.807, 2.05) is 36.4 Å². The second-order valence-corrected chi connectivity index (χ2v) is 5.32. The number of aliphatic hydroxyl groups excluding tert-OH is 1. The highest BCUT2D eigenvalue weighted by molar-refractivity contribution is 14.1. The van der Waals surface area contributed by atoms with E-state index in [9.17, 15) is 5.11 Å². The number of nitrogens with one attached hydrogen (secondary N) is 1. The first-order chi connectivity index (χ1) is 9.61. The molecule has 0 aliphatic rings. The maximum Gasteiger partial charge on any atom is 0.126 e. The molecule has 2 aromatic carbocycles. The molecule has 0 bridgehead atoms. The Morgan fingerprint density at radius 1 is 1.20 bits per heavy atom. The molecule has 2 rings (SSSR count).